The third-order valence-electron chi connectivity index (χ3n) is 2.30. The number of hydrogen-bond donors (Lipinski definition) is 2. The van der Waals surface area contributed by atoms with Crippen LogP contribution in [0.25, 0.3) is 0 Å². The van der Waals surface area contributed by atoms with E-state index in [1.807, 2.05) is 0 Å². The highest BCUT2D eigenvalue weighted by Crippen LogP contribution is 2.11. The SMILES string of the molecule is CC(=O)c1ccc(NC(=O)Nc2nc(C)no2)cc1. The van der Waals surface area contributed by atoms with E-state index >= 15 is 0 Å². The summed E-state index contributed by atoms with van der Waals surface area (Å²) in [7, 11) is 0. The summed E-state index contributed by atoms with van der Waals surface area (Å²) in [4.78, 5) is 26.5. The highest BCUT2D eigenvalue weighted by Gasteiger charge is 2.08. The van der Waals surface area contributed by atoms with Crippen LogP contribution in [0.15, 0.2) is 28.8 Å². The van der Waals surface area contributed by atoms with Gasteiger partial charge in [-0.2, -0.15) is 4.98 Å². The first kappa shape index (κ1) is 12.7. The lowest BCUT2D eigenvalue weighted by molar-refractivity contribution is 0.101. The van der Waals surface area contributed by atoms with Crippen LogP contribution in [0.2, 0.25) is 0 Å². The number of urea groups is 1. The molecule has 2 amide bonds. The van der Waals surface area contributed by atoms with E-state index < -0.39 is 6.03 Å². The topological polar surface area (TPSA) is 97.1 Å². The maximum absolute atomic E-state index is 11.6. The van der Waals surface area contributed by atoms with E-state index in [2.05, 4.69) is 20.8 Å². The minimum atomic E-state index is -0.501. The van der Waals surface area contributed by atoms with Crippen LogP contribution in [0.5, 0.6) is 0 Å². The molecule has 0 fully saturated rings. The van der Waals surface area contributed by atoms with Gasteiger partial charge in [-0.3, -0.25) is 10.1 Å². The van der Waals surface area contributed by atoms with Crippen LogP contribution in [0.1, 0.15) is 23.1 Å². The fraction of sp³-hybridized carbons (Fsp3) is 0.167. The van der Waals surface area contributed by atoms with E-state index in [1.165, 1.54) is 6.92 Å². The van der Waals surface area contributed by atoms with Crippen LogP contribution in [0.3, 0.4) is 0 Å². The van der Waals surface area contributed by atoms with Crippen molar-refractivity contribution in [1.82, 2.24) is 10.1 Å². The van der Waals surface area contributed by atoms with Crippen molar-refractivity contribution in [2.24, 2.45) is 0 Å². The highest BCUT2D eigenvalue weighted by molar-refractivity contribution is 5.99. The Labute approximate surface area is 109 Å². The van der Waals surface area contributed by atoms with Gasteiger partial charge in [0.05, 0.1) is 0 Å². The van der Waals surface area contributed by atoms with Crippen LogP contribution in [0, 0.1) is 6.92 Å². The number of aromatic nitrogens is 2. The Morgan fingerprint density at radius 2 is 1.84 bits per heavy atom. The molecule has 7 nitrogen and oxygen atoms in total. The Kier molecular flexibility index (Phi) is 3.56. The molecule has 7 heteroatoms. The number of ketones is 1. The second-order valence-corrected chi connectivity index (χ2v) is 3.86. The number of nitrogens with one attached hydrogen (secondary N) is 2. The lowest BCUT2D eigenvalue weighted by atomic mass is 10.1. The molecular weight excluding hydrogens is 248 g/mol. The molecule has 2 N–H and O–H groups in total. The number of anilines is 2. The van der Waals surface area contributed by atoms with E-state index in [4.69, 9.17) is 4.52 Å². The third kappa shape index (κ3) is 3.38. The van der Waals surface area contributed by atoms with Crippen molar-refractivity contribution < 1.29 is 14.1 Å². The summed E-state index contributed by atoms with van der Waals surface area (Å²) >= 11 is 0. The first-order valence-corrected chi connectivity index (χ1v) is 5.54. The average Bonchev–Trinajstić information content (AvgIpc) is 2.75. The number of nitrogens with zero attached hydrogens (tertiary/aromatic N) is 2. The first-order valence-electron chi connectivity index (χ1n) is 5.54. The summed E-state index contributed by atoms with van der Waals surface area (Å²) in [5.74, 6) is 0.401. The zero-order valence-corrected chi connectivity index (χ0v) is 10.4. The maximum Gasteiger partial charge on any atom is 0.329 e. The fourth-order valence-corrected chi connectivity index (χ4v) is 1.40. The second kappa shape index (κ2) is 5.30. The molecule has 0 saturated carbocycles. The molecule has 1 heterocycles. The monoisotopic (exact) mass is 260 g/mol. The van der Waals surface area contributed by atoms with Gasteiger partial charge in [-0.05, 0) is 38.1 Å². The lowest BCUT2D eigenvalue weighted by Gasteiger charge is -2.04. The number of aryl methyl sites for hydroxylation is 1. The van der Waals surface area contributed by atoms with Crippen molar-refractivity contribution in [3.05, 3.63) is 35.7 Å². The number of Topliss-reactive ketones (excluding diaryl/α,β-unsaturated/α-hetero) is 1. The number of benzene rings is 1. The first-order chi connectivity index (χ1) is 9.04. The molecule has 0 saturated heterocycles. The summed E-state index contributed by atoms with van der Waals surface area (Å²) in [6.45, 7) is 3.13. The lowest BCUT2D eigenvalue weighted by Crippen LogP contribution is -2.19. The molecule has 0 aliphatic rings. The van der Waals surface area contributed by atoms with Gasteiger partial charge >= 0.3 is 12.0 Å². The molecule has 0 aliphatic heterocycles. The molecular formula is C12H12N4O3. The molecule has 2 aromatic rings. The molecule has 2 rings (SSSR count). The molecule has 0 unspecified atom stereocenters. The number of rotatable bonds is 3. The second-order valence-electron chi connectivity index (χ2n) is 3.86. The molecule has 98 valence electrons. The number of hydrogen-bond acceptors (Lipinski definition) is 5. The molecule has 0 radical (unpaired) electrons. The van der Waals surface area contributed by atoms with Crippen LogP contribution < -0.4 is 10.6 Å². The normalized spacial score (nSPS) is 10.0. The third-order valence-corrected chi connectivity index (χ3v) is 2.30. The molecule has 0 bridgehead atoms. The van der Waals surface area contributed by atoms with Gasteiger partial charge in [0.15, 0.2) is 11.6 Å². The van der Waals surface area contributed by atoms with Crippen LogP contribution in [-0.4, -0.2) is 22.0 Å². The van der Waals surface area contributed by atoms with Crippen molar-refractivity contribution in [3.63, 3.8) is 0 Å². The minimum absolute atomic E-state index is 0.0235. The predicted molar refractivity (Wildman–Crippen MR) is 68.1 cm³/mol. The Bertz CT molecular complexity index is 604. The Morgan fingerprint density at radius 1 is 1.16 bits per heavy atom. The molecule has 19 heavy (non-hydrogen) atoms. The summed E-state index contributed by atoms with van der Waals surface area (Å²) in [6, 6.07) is 6.06. The number of amides is 2. The summed E-state index contributed by atoms with van der Waals surface area (Å²) < 4.78 is 4.75. The minimum Gasteiger partial charge on any atom is -0.315 e. The van der Waals surface area contributed by atoms with Crippen LogP contribution in [-0.2, 0) is 0 Å². The van der Waals surface area contributed by atoms with E-state index in [0.29, 0.717) is 17.1 Å². The number of carbonyl (C=O) groups excluding carboxylic acids is 2. The van der Waals surface area contributed by atoms with E-state index in [1.54, 1.807) is 31.2 Å². The van der Waals surface area contributed by atoms with Gasteiger partial charge in [0.1, 0.15) is 0 Å². The van der Waals surface area contributed by atoms with Gasteiger partial charge in [-0.25, -0.2) is 4.79 Å². The van der Waals surface area contributed by atoms with Crippen molar-refractivity contribution in [3.8, 4) is 0 Å². The zero-order valence-electron chi connectivity index (χ0n) is 10.4. The molecule has 0 spiro atoms. The smallest absolute Gasteiger partial charge is 0.315 e. The summed E-state index contributed by atoms with van der Waals surface area (Å²) in [6.07, 6.45) is 0. The quantitative estimate of drug-likeness (QED) is 0.825. The largest absolute Gasteiger partial charge is 0.329 e. The highest BCUT2D eigenvalue weighted by atomic mass is 16.5. The van der Waals surface area contributed by atoms with Gasteiger partial charge in [0.25, 0.3) is 0 Å². The van der Waals surface area contributed by atoms with Crippen molar-refractivity contribution >= 4 is 23.5 Å². The molecule has 0 aliphatic carbocycles. The Morgan fingerprint density at radius 3 is 2.37 bits per heavy atom. The van der Waals surface area contributed by atoms with Crippen molar-refractivity contribution in [2.75, 3.05) is 10.6 Å². The predicted octanol–water partition coefficient (Wildman–Crippen LogP) is 2.22. The van der Waals surface area contributed by atoms with Gasteiger partial charge in [0, 0.05) is 11.3 Å². The maximum atomic E-state index is 11.6. The van der Waals surface area contributed by atoms with E-state index in [9.17, 15) is 9.59 Å². The Balaban J connectivity index is 1.97. The van der Waals surface area contributed by atoms with E-state index in [0.717, 1.165) is 0 Å². The fourth-order valence-electron chi connectivity index (χ4n) is 1.40. The van der Waals surface area contributed by atoms with Gasteiger partial charge in [-0.1, -0.05) is 5.16 Å². The molecule has 1 aromatic heterocycles. The average molecular weight is 260 g/mol. The standard InChI is InChI=1S/C12H12N4O3/c1-7(17)9-3-5-10(6-4-9)14-11(18)15-12-13-8(2)16-19-12/h3-6H,1-2H3,(H2,13,14,15,16,18). The van der Waals surface area contributed by atoms with Gasteiger partial charge in [0.2, 0.25) is 0 Å². The summed E-state index contributed by atoms with van der Waals surface area (Å²) in [5.41, 5.74) is 1.14. The van der Waals surface area contributed by atoms with Crippen molar-refractivity contribution in [2.45, 2.75) is 13.8 Å². The zero-order chi connectivity index (χ0) is 13.8. The Hall–Kier alpha value is -2.70. The summed E-state index contributed by atoms with van der Waals surface area (Å²) in [5, 5.41) is 8.51. The number of carbonyl (C=O) groups is 2. The van der Waals surface area contributed by atoms with Crippen LogP contribution in [0.4, 0.5) is 16.5 Å². The van der Waals surface area contributed by atoms with Crippen LogP contribution >= 0.6 is 0 Å². The molecule has 1 aromatic carbocycles. The van der Waals surface area contributed by atoms with Gasteiger partial charge < -0.3 is 9.84 Å². The van der Waals surface area contributed by atoms with E-state index in [-0.39, 0.29) is 11.8 Å². The van der Waals surface area contributed by atoms with Gasteiger partial charge in [-0.15, -0.1) is 0 Å². The van der Waals surface area contributed by atoms with Crippen molar-refractivity contribution in [1.29, 1.82) is 0 Å². The molecule has 0 atom stereocenters.